The Morgan fingerprint density at radius 2 is 2.19 bits per heavy atom. The number of rotatable bonds is 2. The third kappa shape index (κ3) is 1.65. The fourth-order valence-electron chi connectivity index (χ4n) is 1.36. The number of hydrogen-bond acceptors (Lipinski definition) is 3. The molecular weight excluding hydrogens is 237 g/mol. The Labute approximate surface area is 93.8 Å². The van der Waals surface area contributed by atoms with E-state index in [-0.39, 0.29) is 27.8 Å². The minimum absolute atomic E-state index is 0.0891. The fourth-order valence-corrected chi connectivity index (χ4v) is 1.52. The van der Waals surface area contributed by atoms with Crippen LogP contribution in [0.5, 0.6) is 0 Å². The number of carbonyl (C=O) groups excluding carboxylic acids is 1. The van der Waals surface area contributed by atoms with Crippen molar-refractivity contribution in [2.24, 2.45) is 0 Å². The molecular formula is C10H5ClFNO3. The van der Waals surface area contributed by atoms with E-state index in [2.05, 4.69) is 4.84 Å². The average molecular weight is 242 g/mol. The van der Waals surface area contributed by atoms with Gasteiger partial charge >= 0.3 is 6.47 Å². The summed E-state index contributed by atoms with van der Waals surface area (Å²) in [6.07, 6.45) is 1.26. The first-order valence-corrected chi connectivity index (χ1v) is 4.62. The van der Waals surface area contributed by atoms with Crippen LogP contribution in [0.3, 0.4) is 0 Å². The van der Waals surface area contributed by atoms with Crippen molar-refractivity contribution in [2.75, 3.05) is 0 Å². The van der Waals surface area contributed by atoms with Crippen LogP contribution < -0.4 is 10.3 Å². The van der Waals surface area contributed by atoms with Gasteiger partial charge in [-0.1, -0.05) is 11.6 Å². The van der Waals surface area contributed by atoms with Gasteiger partial charge in [-0.15, -0.1) is 0 Å². The van der Waals surface area contributed by atoms with E-state index in [1.807, 2.05) is 0 Å². The van der Waals surface area contributed by atoms with Gasteiger partial charge in [0, 0.05) is 12.3 Å². The first-order valence-electron chi connectivity index (χ1n) is 4.24. The van der Waals surface area contributed by atoms with E-state index in [1.54, 1.807) is 0 Å². The van der Waals surface area contributed by atoms with E-state index in [9.17, 15) is 14.0 Å². The van der Waals surface area contributed by atoms with Crippen molar-refractivity contribution in [3.05, 3.63) is 45.5 Å². The Balaban J connectivity index is 2.87. The molecule has 1 aromatic carbocycles. The van der Waals surface area contributed by atoms with Crippen molar-refractivity contribution in [1.29, 1.82) is 0 Å². The molecule has 0 bridgehead atoms. The van der Waals surface area contributed by atoms with Crippen LogP contribution in [0.2, 0.25) is 5.02 Å². The molecule has 0 unspecified atom stereocenters. The maximum Gasteiger partial charge on any atom is 0.321 e. The van der Waals surface area contributed by atoms with Crippen LogP contribution >= 0.6 is 11.6 Å². The van der Waals surface area contributed by atoms with E-state index in [0.29, 0.717) is 0 Å². The highest BCUT2D eigenvalue weighted by atomic mass is 35.5. The van der Waals surface area contributed by atoms with Crippen molar-refractivity contribution in [2.45, 2.75) is 0 Å². The van der Waals surface area contributed by atoms with Gasteiger partial charge in [-0.05, 0) is 12.1 Å². The van der Waals surface area contributed by atoms with Crippen LogP contribution in [0.25, 0.3) is 10.9 Å². The second-order valence-corrected chi connectivity index (χ2v) is 3.40. The number of halogens is 2. The zero-order valence-corrected chi connectivity index (χ0v) is 8.57. The summed E-state index contributed by atoms with van der Waals surface area (Å²) in [7, 11) is 0. The van der Waals surface area contributed by atoms with E-state index in [4.69, 9.17) is 11.6 Å². The number of carbonyl (C=O) groups is 1. The molecule has 1 aromatic heterocycles. The summed E-state index contributed by atoms with van der Waals surface area (Å²) in [5, 5.41) is -0.0624. The Morgan fingerprint density at radius 3 is 2.88 bits per heavy atom. The van der Waals surface area contributed by atoms with Crippen molar-refractivity contribution in [1.82, 2.24) is 4.73 Å². The Kier molecular flexibility index (Phi) is 2.62. The molecule has 0 amide bonds. The molecule has 0 saturated carbocycles. The summed E-state index contributed by atoms with van der Waals surface area (Å²) in [5.41, 5.74) is -0.151. The summed E-state index contributed by atoms with van der Waals surface area (Å²) in [4.78, 5) is 26.2. The highest BCUT2D eigenvalue weighted by Gasteiger charge is 2.08. The molecule has 0 fully saturated rings. The van der Waals surface area contributed by atoms with E-state index < -0.39 is 5.82 Å². The largest absolute Gasteiger partial charge is 0.340 e. The van der Waals surface area contributed by atoms with Gasteiger partial charge in [-0.2, -0.15) is 4.73 Å². The minimum atomic E-state index is -0.699. The van der Waals surface area contributed by atoms with Crippen LogP contribution in [0.1, 0.15) is 0 Å². The Bertz CT molecular complexity index is 623. The number of pyridine rings is 1. The quantitative estimate of drug-likeness (QED) is 0.747. The van der Waals surface area contributed by atoms with Gasteiger partial charge in [0.1, 0.15) is 5.82 Å². The maximum absolute atomic E-state index is 13.2. The second kappa shape index (κ2) is 3.94. The van der Waals surface area contributed by atoms with Crippen molar-refractivity contribution in [3.8, 4) is 0 Å². The number of fused-ring (bicyclic) bond motifs is 1. The lowest BCUT2D eigenvalue weighted by atomic mass is 10.2. The van der Waals surface area contributed by atoms with Crippen LogP contribution in [-0.2, 0) is 4.79 Å². The zero-order chi connectivity index (χ0) is 11.7. The number of aromatic nitrogens is 1. The van der Waals surface area contributed by atoms with Crippen molar-refractivity contribution >= 4 is 29.0 Å². The lowest BCUT2D eigenvalue weighted by Crippen LogP contribution is -2.14. The van der Waals surface area contributed by atoms with Gasteiger partial charge < -0.3 is 4.84 Å². The normalized spacial score (nSPS) is 10.4. The van der Waals surface area contributed by atoms with Crippen LogP contribution in [0, 0.1) is 5.82 Å². The molecule has 4 nitrogen and oxygen atoms in total. The molecule has 0 aliphatic heterocycles. The summed E-state index contributed by atoms with van der Waals surface area (Å²) in [6, 6.07) is 3.39. The van der Waals surface area contributed by atoms with Crippen molar-refractivity contribution < 1.29 is 14.0 Å². The van der Waals surface area contributed by atoms with Crippen LogP contribution in [0.4, 0.5) is 4.39 Å². The maximum atomic E-state index is 13.2. The van der Waals surface area contributed by atoms with Gasteiger partial charge in [0.05, 0.1) is 15.9 Å². The summed E-state index contributed by atoms with van der Waals surface area (Å²) < 4.78 is 14.2. The predicted molar refractivity (Wildman–Crippen MR) is 55.8 cm³/mol. The summed E-state index contributed by atoms with van der Waals surface area (Å²) in [5.74, 6) is -0.699. The third-order valence-electron chi connectivity index (χ3n) is 2.06. The number of hydrogen-bond donors (Lipinski definition) is 0. The average Bonchev–Trinajstić information content (AvgIpc) is 2.25. The summed E-state index contributed by atoms with van der Waals surface area (Å²) >= 11 is 5.58. The molecule has 0 saturated heterocycles. The van der Waals surface area contributed by atoms with E-state index in [0.717, 1.165) is 10.8 Å². The van der Waals surface area contributed by atoms with E-state index in [1.165, 1.54) is 18.3 Å². The third-order valence-corrected chi connectivity index (χ3v) is 2.35. The molecule has 6 heteroatoms. The highest BCUT2D eigenvalue weighted by molar-refractivity contribution is 6.31. The summed E-state index contributed by atoms with van der Waals surface area (Å²) in [6.45, 7) is 0.196. The molecule has 0 aliphatic carbocycles. The zero-order valence-electron chi connectivity index (χ0n) is 7.81. The standard InChI is InChI=1S/C10H5ClFNO3/c11-7-4-9-6(3-8(7)12)10(15)1-2-13(9)16-5-14/h1-5H. The van der Waals surface area contributed by atoms with E-state index >= 15 is 0 Å². The lowest BCUT2D eigenvalue weighted by Gasteiger charge is -2.07. The molecule has 2 aromatic rings. The topological polar surface area (TPSA) is 48.3 Å². The van der Waals surface area contributed by atoms with Gasteiger partial charge in [0.15, 0.2) is 5.43 Å². The van der Waals surface area contributed by atoms with Crippen molar-refractivity contribution in [3.63, 3.8) is 0 Å². The molecule has 2 rings (SSSR count). The predicted octanol–water partition coefficient (Wildman–Crippen LogP) is 1.38. The Hall–Kier alpha value is -1.88. The smallest absolute Gasteiger partial charge is 0.321 e. The molecule has 1 heterocycles. The van der Waals surface area contributed by atoms with Crippen LogP contribution in [-0.4, -0.2) is 11.2 Å². The number of nitrogens with zero attached hydrogens (tertiary/aromatic N) is 1. The number of benzene rings is 1. The highest BCUT2D eigenvalue weighted by Crippen LogP contribution is 2.20. The SMILES string of the molecule is O=COn1ccc(=O)c2cc(F)c(Cl)cc21. The monoisotopic (exact) mass is 241 g/mol. The van der Waals surface area contributed by atoms with Gasteiger partial charge in [0.25, 0.3) is 0 Å². The van der Waals surface area contributed by atoms with Crippen LogP contribution in [0.15, 0.2) is 29.2 Å². The first kappa shape index (κ1) is 10.6. The molecule has 0 spiro atoms. The van der Waals surface area contributed by atoms with Gasteiger partial charge in [0.2, 0.25) is 0 Å². The molecule has 0 aliphatic rings. The first-order chi connectivity index (χ1) is 7.63. The molecule has 0 atom stereocenters. The van der Waals surface area contributed by atoms with Gasteiger partial charge in [-0.25, -0.2) is 4.39 Å². The van der Waals surface area contributed by atoms with Gasteiger partial charge in [-0.3, -0.25) is 9.59 Å². The molecule has 82 valence electrons. The molecule has 0 N–H and O–H groups in total. The lowest BCUT2D eigenvalue weighted by molar-refractivity contribution is -0.128. The minimum Gasteiger partial charge on any atom is -0.340 e. The fraction of sp³-hybridized carbons (Fsp3) is 0. The molecule has 16 heavy (non-hydrogen) atoms. The molecule has 0 radical (unpaired) electrons. The second-order valence-electron chi connectivity index (χ2n) is 2.99. The Morgan fingerprint density at radius 1 is 1.44 bits per heavy atom.